The van der Waals surface area contributed by atoms with Crippen LogP contribution in [0, 0.1) is 0 Å². The highest BCUT2D eigenvalue weighted by molar-refractivity contribution is 9.10. The molecule has 1 aliphatic heterocycles. The zero-order valence-electron chi connectivity index (χ0n) is 11.6. The second-order valence-electron chi connectivity index (χ2n) is 4.85. The lowest BCUT2D eigenvalue weighted by atomic mass is 10.2. The van der Waals surface area contributed by atoms with Crippen LogP contribution in [0.15, 0.2) is 22.7 Å². The van der Waals surface area contributed by atoms with Crippen molar-refractivity contribution in [2.75, 3.05) is 38.5 Å². The molecule has 1 aromatic rings. The summed E-state index contributed by atoms with van der Waals surface area (Å²) >= 11 is 3.46. The number of hydrogen-bond donors (Lipinski definition) is 1. The van der Waals surface area contributed by atoms with Gasteiger partial charge in [-0.05, 0) is 30.7 Å². The summed E-state index contributed by atoms with van der Waals surface area (Å²) in [5.74, 6) is 0. The Labute approximate surface area is 127 Å². The first kappa shape index (κ1) is 15.1. The Balaban J connectivity index is 1.86. The summed E-state index contributed by atoms with van der Waals surface area (Å²) in [6.07, 6.45) is -0.209. The van der Waals surface area contributed by atoms with E-state index in [1.54, 1.807) is 4.90 Å². The summed E-state index contributed by atoms with van der Waals surface area (Å²) < 4.78 is 6.01. The lowest BCUT2D eigenvalue weighted by Gasteiger charge is -2.34. The molecule has 1 heterocycles. The Morgan fingerprint density at radius 3 is 2.60 bits per heavy atom. The number of nitrogen functional groups attached to an aromatic ring is 1. The SMILES string of the molecule is CCOC(=O)N1CCN(Cc2cc(N)cc(Br)c2)CC1. The summed E-state index contributed by atoms with van der Waals surface area (Å²) in [4.78, 5) is 15.7. The number of anilines is 1. The minimum atomic E-state index is -0.209. The molecule has 1 amide bonds. The van der Waals surface area contributed by atoms with E-state index in [-0.39, 0.29) is 6.09 Å². The Bertz CT molecular complexity index is 453. The molecule has 0 spiro atoms. The largest absolute Gasteiger partial charge is 0.450 e. The van der Waals surface area contributed by atoms with Gasteiger partial charge >= 0.3 is 6.09 Å². The Hall–Kier alpha value is -1.27. The Kier molecular flexibility index (Phi) is 5.25. The zero-order valence-corrected chi connectivity index (χ0v) is 13.2. The van der Waals surface area contributed by atoms with E-state index in [0.29, 0.717) is 19.7 Å². The van der Waals surface area contributed by atoms with E-state index in [1.807, 2.05) is 19.1 Å². The third-order valence-corrected chi connectivity index (χ3v) is 3.74. The molecule has 2 rings (SSSR count). The first-order valence-corrected chi connectivity index (χ1v) is 7.57. The summed E-state index contributed by atoms with van der Waals surface area (Å²) in [5.41, 5.74) is 7.79. The van der Waals surface area contributed by atoms with Gasteiger partial charge in [0.15, 0.2) is 0 Å². The fourth-order valence-corrected chi connectivity index (χ4v) is 2.89. The van der Waals surface area contributed by atoms with Crippen molar-refractivity contribution in [3.8, 4) is 0 Å². The van der Waals surface area contributed by atoms with Gasteiger partial charge in [-0.1, -0.05) is 15.9 Å². The summed E-state index contributed by atoms with van der Waals surface area (Å²) in [6, 6.07) is 5.96. The van der Waals surface area contributed by atoms with Gasteiger partial charge in [-0.2, -0.15) is 0 Å². The van der Waals surface area contributed by atoms with Crippen molar-refractivity contribution >= 4 is 27.7 Å². The molecule has 0 saturated carbocycles. The van der Waals surface area contributed by atoms with Gasteiger partial charge in [0, 0.05) is 42.9 Å². The zero-order chi connectivity index (χ0) is 14.5. The first-order chi connectivity index (χ1) is 9.58. The Morgan fingerprint density at radius 1 is 1.30 bits per heavy atom. The van der Waals surface area contributed by atoms with Crippen molar-refractivity contribution in [1.82, 2.24) is 9.80 Å². The highest BCUT2D eigenvalue weighted by Gasteiger charge is 2.21. The quantitative estimate of drug-likeness (QED) is 0.857. The van der Waals surface area contributed by atoms with Crippen LogP contribution < -0.4 is 5.73 Å². The van der Waals surface area contributed by atoms with E-state index in [0.717, 1.165) is 29.8 Å². The maximum atomic E-state index is 11.6. The highest BCUT2D eigenvalue weighted by atomic mass is 79.9. The second-order valence-corrected chi connectivity index (χ2v) is 5.77. The highest BCUT2D eigenvalue weighted by Crippen LogP contribution is 2.19. The molecule has 110 valence electrons. The molecule has 2 N–H and O–H groups in total. The number of rotatable bonds is 3. The van der Waals surface area contributed by atoms with Crippen LogP contribution in [0.4, 0.5) is 10.5 Å². The normalized spacial score (nSPS) is 16.2. The molecule has 1 fully saturated rings. The van der Waals surface area contributed by atoms with Crippen LogP contribution in [0.25, 0.3) is 0 Å². The molecule has 0 aromatic heterocycles. The number of halogens is 1. The number of benzene rings is 1. The minimum absolute atomic E-state index is 0.209. The lowest BCUT2D eigenvalue weighted by molar-refractivity contribution is 0.0778. The Morgan fingerprint density at radius 2 is 2.00 bits per heavy atom. The smallest absolute Gasteiger partial charge is 0.409 e. The van der Waals surface area contributed by atoms with Gasteiger partial charge in [-0.15, -0.1) is 0 Å². The van der Waals surface area contributed by atoms with Crippen molar-refractivity contribution < 1.29 is 9.53 Å². The van der Waals surface area contributed by atoms with E-state index >= 15 is 0 Å². The molecule has 1 saturated heterocycles. The number of carbonyl (C=O) groups excluding carboxylic acids is 1. The molecule has 6 heteroatoms. The van der Waals surface area contributed by atoms with Crippen molar-refractivity contribution in [3.63, 3.8) is 0 Å². The van der Waals surface area contributed by atoms with E-state index in [4.69, 9.17) is 10.5 Å². The monoisotopic (exact) mass is 341 g/mol. The van der Waals surface area contributed by atoms with Crippen molar-refractivity contribution in [2.45, 2.75) is 13.5 Å². The summed E-state index contributed by atoms with van der Waals surface area (Å²) in [7, 11) is 0. The lowest BCUT2D eigenvalue weighted by Crippen LogP contribution is -2.48. The predicted octanol–water partition coefficient (Wildman–Crippen LogP) is 2.31. The van der Waals surface area contributed by atoms with Crippen molar-refractivity contribution in [1.29, 1.82) is 0 Å². The summed E-state index contributed by atoms with van der Waals surface area (Å²) in [6.45, 7) is 6.23. The van der Waals surface area contributed by atoms with Crippen LogP contribution in [0.3, 0.4) is 0 Å². The van der Waals surface area contributed by atoms with Gasteiger partial charge in [0.1, 0.15) is 0 Å². The van der Waals surface area contributed by atoms with Crippen LogP contribution in [-0.2, 0) is 11.3 Å². The number of nitrogens with two attached hydrogens (primary N) is 1. The molecular weight excluding hydrogens is 322 g/mol. The maximum absolute atomic E-state index is 11.6. The molecule has 20 heavy (non-hydrogen) atoms. The number of ether oxygens (including phenoxy) is 1. The van der Waals surface area contributed by atoms with Crippen LogP contribution in [0.5, 0.6) is 0 Å². The summed E-state index contributed by atoms with van der Waals surface area (Å²) in [5, 5.41) is 0. The average molecular weight is 342 g/mol. The fraction of sp³-hybridized carbons (Fsp3) is 0.500. The standard InChI is InChI=1S/C14H20BrN3O2/c1-2-20-14(19)18-5-3-17(4-6-18)10-11-7-12(15)9-13(16)8-11/h7-9H,2-6,10,16H2,1H3. The molecule has 5 nitrogen and oxygen atoms in total. The molecule has 0 aliphatic carbocycles. The number of hydrogen-bond acceptors (Lipinski definition) is 4. The maximum Gasteiger partial charge on any atom is 0.409 e. The van der Waals surface area contributed by atoms with Gasteiger partial charge in [0.05, 0.1) is 6.61 Å². The predicted molar refractivity (Wildman–Crippen MR) is 82.4 cm³/mol. The third kappa shape index (κ3) is 4.11. The topological polar surface area (TPSA) is 58.8 Å². The van der Waals surface area contributed by atoms with E-state index in [2.05, 4.69) is 26.9 Å². The van der Waals surface area contributed by atoms with Crippen molar-refractivity contribution in [3.05, 3.63) is 28.2 Å². The molecule has 1 aliphatic rings. The van der Waals surface area contributed by atoms with E-state index < -0.39 is 0 Å². The molecule has 0 bridgehead atoms. The van der Waals surface area contributed by atoms with Crippen LogP contribution >= 0.6 is 15.9 Å². The van der Waals surface area contributed by atoms with Crippen LogP contribution in [0.2, 0.25) is 0 Å². The molecule has 0 radical (unpaired) electrons. The molecule has 1 aromatic carbocycles. The van der Waals surface area contributed by atoms with E-state index in [9.17, 15) is 4.79 Å². The number of piperazine rings is 1. The minimum Gasteiger partial charge on any atom is -0.450 e. The van der Waals surface area contributed by atoms with Gasteiger partial charge in [-0.3, -0.25) is 4.90 Å². The van der Waals surface area contributed by atoms with E-state index in [1.165, 1.54) is 5.56 Å². The molecule has 0 atom stereocenters. The fourth-order valence-electron chi connectivity index (χ4n) is 2.33. The first-order valence-electron chi connectivity index (χ1n) is 6.77. The number of carbonyl (C=O) groups is 1. The molecular formula is C14H20BrN3O2. The van der Waals surface area contributed by atoms with Crippen LogP contribution in [0.1, 0.15) is 12.5 Å². The number of amides is 1. The molecule has 0 unspecified atom stereocenters. The van der Waals surface area contributed by atoms with Crippen LogP contribution in [-0.4, -0.2) is 48.7 Å². The number of nitrogens with zero attached hydrogens (tertiary/aromatic N) is 2. The average Bonchev–Trinajstić information content (AvgIpc) is 2.38. The second kappa shape index (κ2) is 6.95. The van der Waals surface area contributed by atoms with Gasteiger partial charge < -0.3 is 15.4 Å². The van der Waals surface area contributed by atoms with Gasteiger partial charge in [0.2, 0.25) is 0 Å². The van der Waals surface area contributed by atoms with Gasteiger partial charge in [-0.25, -0.2) is 4.79 Å². The third-order valence-electron chi connectivity index (χ3n) is 3.28. The van der Waals surface area contributed by atoms with Crippen molar-refractivity contribution in [2.24, 2.45) is 0 Å². The van der Waals surface area contributed by atoms with Gasteiger partial charge in [0.25, 0.3) is 0 Å².